The van der Waals surface area contributed by atoms with Crippen molar-refractivity contribution in [3.63, 3.8) is 0 Å². The van der Waals surface area contributed by atoms with Crippen LogP contribution in [0.15, 0.2) is 27.6 Å². The van der Waals surface area contributed by atoms with Gasteiger partial charge in [0.2, 0.25) is 0 Å². The summed E-state index contributed by atoms with van der Waals surface area (Å²) in [6, 6.07) is 6.54. The lowest BCUT2D eigenvalue weighted by Gasteiger charge is -2.32. The molecule has 3 rings (SSSR count). The molecular formula is C12H13BrOS. The second kappa shape index (κ2) is 3.79. The quantitative estimate of drug-likeness (QED) is 0.719. The van der Waals surface area contributed by atoms with E-state index < -0.39 is 0 Å². The van der Waals surface area contributed by atoms with E-state index in [4.69, 9.17) is 4.74 Å². The predicted octanol–water partition coefficient (Wildman–Crippen LogP) is 3.65. The fourth-order valence-corrected chi connectivity index (χ4v) is 4.55. The number of hydrogen-bond acceptors (Lipinski definition) is 2. The van der Waals surface area contributed by atoms with E-state index in [1.165, 1.54) is 34.2 Å². The van der Waals surface area contributed by atoms with Crippen molar-refractivity contribution in [2.45, 2.75) is 28.9 Å². The maximum atomic E-state index is 5.46. The molecule has 0 bridgehead atoms. The van der Waals surface area contributed by atoms with Gasteiger partial charge in [0.1, 0.15) is 0 Å². The van der Waals surface area contributed by atoms with E-state index in [1.54, 1.807) is 0 Å². The Morgan fingerprint density at radius 2 is 2.07 bits per heavy atom. The fourth-order valence-electron chi connectivity index (χ4n) is 2.43. The van der Waals surface area contributed by atoms with E-state index in [9.17, 15) is 0 Å². The van der Waals surface area contributed by atoms with Gasteiger partial charge in [-0.25, -0.2) is 0 Å². The molecule has 0 unspecified atom stereocenters. The highest BCUT2D eigenvalue weighted by Gasteiger charge is 2.40. The molecule has 0 atom stereocenters. The first kappa shape index (κ1) is 10.2. The Hall–Kier alpha value is 0.01000. The van der Waals surface area contributed by atoms with Gasteiger partial charge < -0.3 is 4.74 Å². The van der Waals surface area contributed by atoms with E-state index in [-0.39, 0.29) is 0 Å². The minimum atomic E-state index is 0.435. The number of ether oxygens (including phenoxy) is 1. The molecule has 2 aliphatic heterocycles. The van der Waals surface area contributed by atoms with Gasteiger partial charge in [0, 0.05) is 27.3 Å². The van der Waals surface area contributed by atoms with Crippen LogP contribution in [-0.2, 0) is 11.2 Å². The second-order valence-corrected chi connectivity index (χ2v) is 6.64. The molecule has 0 amide bonds. The zero-order valence-corrected chi connectivity index (χ0v) is 10.9. The van der Waals surface area contributed by atoms with Crippen molar-refractivity contribution in [3.8, 4) is 0 Å². The van der Waals surface area contributed by atoms with Crippen LogP contribution in [0.3, 0.4) is 0 Å². The molecule has 1 fully saturated rings. The average Bonchev–Trinajstić information content (AvgIpc) is 2.59. The molecule has 1 aromatic carbocycles. The van der Waals surface area contributed by atoms with Crippen molar-refractivity contribution >= 4 is 27.7 Å². The molecule has 0 N–H and O–H groups in total. The van der Waals surface area contributed by atoms with Gasteiger partial charge in [-0.05, 0) is 46.8 Å². The third-order valence-corrected chi connectivity index (χ3v) is 5.88. The summed E-state index contributed by atoms with van der Waals surface area (Å²) in [5.41, 5.74) is 1.51. The van der Waals surface area contributed by atoms with Crippen molar-refractivity contribution in [1.29, 1.82) is 0 Å². The Kier molecular flexibility index (Phi) is 2.57. The third-order valence-electron chi connectivity index (χ3n) is 3.28. The Balaban J connectivity index is 1.94. The van der Waals surface area contributed by atoms with Crippen LogP contribution >= 0.6 is 27.7 Å². The van der Waals surface area contributed by atoms with Gasteiger partial charge in [0.25, 0.3) is 0 Å². The molecule has 1 saturated heterocycles. The Bertz CT molecular complexity index is 385. The molecule has 0 saturated carbocycles. The zero-order valence-electron chi connectivity index (χ0n) is 8.46. The molecule has 0 aliphatic carbocycles. The number of halogens is 1. The molecule has 0 aromatic heterocycles. The lowest BCUT2D eigenvalue weighted by molar-refractivity contribution is 0.0782. The number of hydrogen-bond donors (Lipinski definition) is 0. The van der Waals surface area contributed by atoms with Gasteiger partial charge >= 0.3 is 0 Å². The Labute approximate surface area is 103 Å². The predicted molar refractivity (Wildman–Crippen MR) is 66.5 cm³/mol. The highest BCUT2D eigenvalue weighted by molar-refractivity contribution is 9.10. The third kappa shape index (κ3) is 1.75. The summed E-state index contributed by atoms with van der Waals surface area (Å²) in [7, 11) is 0. The minimum Gasteiger partial charge on any atom is -0.381 e. The van der Waals surface area contributed by atoms with Crippen LogP contribution < -0.4 is 0 Å². The highest BCUT2D eigenvalue weighted by Crippen LogP contribution is 2.52. The largest absolute Gasteiger partial charge is 0.381 e. The van der Waals surface area contributed by atoms with Crippen LogP contribution in [0.1, 0.15) is 18.4 Å². The van der Waals surface area contributed by atoms with Crippen molar-refractivity contribution in [1.82, 2.24) is 0 Å². The smallest absolute Gasteiger partial charge is 0.0479 e. The van der Waals surface area contributed by atoms with Crippen molar-refractivity contribution in [2.24, 2.45) is 0 Å². The summed E-state index contributed by atoms with van der Waals surface area (Å²) in [5.74, 6) is 0. The average molecular weight is 285 g/mol. The van der Waals surface area contributed by atoms with Gasteiger partial charge in [-0.3, -0.25) is 0 Å². The maximum Gasteiger partial charge on any atom is 0.0479 e. The van der Waals surface area contributed by atoms with E-state index in [2.05, 4.69) is 45.9 Å². The van der Waals surface area contributed by atoms with Crippen molar-refractivity contribution in [2.75, 3.05) is 13.2 Å². The maximum absolute atomic E-state index is 5.46. The van der Waals surface area contributed by atoms with Gasteiger partial charge in [-0.2, -0.15) is 0 Å². The molecule has 15 heavy (non-hydrogen) atoms. The van der Waals surface area contributed by atoms with Crippen LogP contribution in [0.4, 0.5) is 0 Å². The summed E-state index contributed by atoms with van der Waals surface area (Å²) >= 11 is 5.70. The molecule has 1 aromatic rings. The Morgan fingerprint density at radius 1 is 1.27 bits per heavy atom. The zero-order chi connectivity index (χ0) is 10.3. The molecule has 2 heterocycles. The highest BCUT2D eigenvalue weighted by atomic mass is 79.9. The molecule has 1 nitrogen and oxygen atoms in total. The minimum absolute atomic E-state index is 0.435. The van der Waals surface area contributed by atoms with Crippen LogP contribution in [-0.4, -0.2) is 18.0 Å². The first-order valence-electron chi connectivity index (χ1n) is 5.33. The number of benzene rings is 1. The van der Waals surface area contributed by atoms with E-state index >= 15 is 0 Å². The standard InChI is InChI=1S/C12H13BrOS/c13-10-3-1-2-9-8-12(15-11(9)10)4-6-14-7-5-12/h1-3H,4-8H2. The van der Waals surface area contributed by atoms with Crippen molar-refractivity contribution in [3.05, 3.63) is 28.2 Å². The number of rotatable bonds is 0. The lowest BCUT2D eigenvalue weighted by atomic mass is 9.92. The Morgan fingerprint density at radius 3 is 2.80 bits per heavy atom. The van der Waals surface area contributed by atoms with Crippen LogP contribution in [0, 0.1) is 0 Å². The molecule has 80 valence electrons. The van der Waals surface area contributed by atoms with Gasteiger partial charge in [-0.15, -0.1) is 11.8 Å². The molecule has 0 radical (unpaired) electrons. The van der Waals surface area contributed by atoms with E-state index in [1.807, 2.05) is 0 Å². The molecule has 3 heteroatoms. The van der Waals surface area contributed by atoms with E-state index in [0.29, 0.717) is 4.75 Å². The van der Waals surface area contributed by atoms with Gasteiger partial charge in [0.15, 0.2) is 0 Å². The topological polar surface area (TPSA) is 9.23 Å². The summed E-state index contributed by atoms with van der Waals surface area (Å²) in [6.07, 6.45) is 3.60. The summed E-state index contributed by atoms with van der Waals surface area (Å²) < 4.78 is 7.15. The summed E-state index contributed by atoms with van der Waals surface area (Å²) in [4.78, 5) is 1.46. The lowest BCUT2D eigenvalue weighted by Crippen LogP contribution is -2.32. The second-order valence-electron chi connectivity index (χ2n) is 4.30. The SMILES string of the molecule is Brc1cccc2c1SC1(CCOCC1)C2. The summed E-state index contributed by atoms with van der Waals surface area (Å²) in [5, 5.41) is 0. The molecule has 2 aliphatic rings. The van der Waals surface area contributed by atoms with Crippen molar-refractivity contribution < 1.29 is 4.74 Å². The van der Waals surface area contributed by atoms with Crippen LogP contribution in [0.2, 0.25) is 0 Å². The van der Waals surface area contributed by atoms with Gasteiger partial charge in [-0.1, -0.05) is 12.1 Å². The van der Waals surface area contributed by atoms with Crippen LogP contribution in [0.5, 0.6) is 0 Å². The first-order chi connectivity index (χ1) is 7.29. The number of fused-ring (bicyclic) bond motifs is 1. The van der Waals surface area contributed by atoms with Crippen LogP contribution in [0.25, 0.3) is 0 Å². The normalized spacial score (nSPS) is 23.0. The summed E-state index contributed by atoms with van der Waals surface area (Å²) in [6.45, 7) is 1.86. The monoisotopic (exact) mass is 284 g/mol. The fraction of sp³-hybridized carbons (Fsp3) is 0.500. The number of thioether (sulfide) groups is 1. The molecule has 1 spiro atoms. The molecular weight excluding hydrogens is 272 g/mol. The first-order valence-corrected chi connectivity index (χ1v) is 6.94. The van der Waals surface area contributed by atoms with E-state index in [0.717, 1.165) is 13.2 Å². The van der Waals surface area contributed by atoms with Gasteiger partial charge in [0.05, 0.1) is 0 Å².